The van der Waals surface area contributed by atoms with Gasteiger partial charge in [-0.05, 0) is 30.7 Å². The first-order valence-electron chi connectivity index (χ1n) is 6.12. The zero-order valence-electron chi connectivity index (χ0n) is 10.4. The summed E-state index contributed by atoms with van der Waals surface area (Å²) in [4.78, 5) is 0. The maximum atomic E-state index is 12.8. The van der Waals surface area contributed by atoms with Crippen molar-refractivity contribution >= 4 is 0 Å². The highest BCUT2D eigenvalue weighted by molar-refractivity contribution is 5.16. The summed E-state index contributed by atoms with van der Waals surface area (Å²) in [5, 5.41) is 11.4. The first-order chi connectivity index (χ1) is 8.78. The molecule has 18 heavy (non-hydrogen) atoms. The molecule has 1 aromatic carbocycles. The summed E-state index contributed by atoms with van der Waals surface area (Å²) in [7, 11) is 0. The van der Waals surface area contributed by atoms with E-state index in [-0.39, 0.29) is 5.82 Å². The van der Waals surface area contributed by atoms with Gasteiger partial charge in [0, 0.05) is 6.54 Å². The van der Waals surface area contributed by atoms with E-state index in [0.29, 0.717) is 6.54 Å². The number of benzene rings is 1. The van der Waals surface area contributed by atoms with E-state index in [2.05, 4.69) is 22.6 Å². The van der Waals surface area contributed by atoms with Gasteiger partial charge in [0.2, 0.25) is 0 Å². The van der Waals surface area contributed by atoms with Crippen LogP contribution in [-0.4, -0.2) is 21.5 Å². The van der Waals surface area contributed by atoms with Crippen molar-refractivity contribution < 1.29 is 4.39 Å². The second-order valence-corrected chi connectivity index (χ2v) is 4.21. The highest BCUT2D eigenvalue weighted by Gasteiger charge is 2.01. The van der Waals surface area contributed by atoms with Gasteiger partial charge in [-0.3, -0.25) is 0 Å². The molecule has 0 spiro atoms. The largest absolute Gasteiger partial charge is 0.311 e. The molecule has 0 radical (unpaired) electrons. The highest BCUT2D eigenvalue weighted by Crippen LogP contribution is 2.04. The maximum absolute atomic E-state index is 12.8. The summed E-state index contributed by atoms with van der Waals surface area (Å²) in [5.41, 5.74) is 1.93. The Morgan fingerprint density at radius 2 is 2.06 bits per heavy atom. The minimum Gasteiger partial charge on any atom is -0.311 e. The fraction of sp³-hybridized carbons (Fsp3) is 0.385. The van der Waals surface area contributed by atoms with Gasteiger partial charge in [0.1, 0.15) is 5.82 Å². The zero-order valence-corrected chi connectivity index (χ0v) is 10.4. The van der Waals surface area contributed by atoms with Crippen molar-refractivity contribution in [3.05, 3.63) is 47.5 Å². The summed E-state index contributed by atoms with van der Waals surface area (Å²) in [6.07, 6.45) is 3.01. The Morgan fingerprint density at radius 1 is 1.28 bits per heavy atom. The first-order valence-corrected chi connectivity index (χ1v) is 6.12. The molecule has 1 aromatic heterocycles. The molecule has 0 aliphatic carbocycles. The molecule has 5 heteroatoms. The summed E-state index contributed by atoms with van der Waals surface area (Å²) < 4.78 is 14.5. The third-order valence-electron chi connectivity index (χ3n) is 2.58. The molecule has 0 bridgehead atoms. The second kappa shape index (κ2) is 6.26. The Morgan fingerprint density at radius 3 is 2.78 bits per heavy atom. The van der Waals surface area contributed by atoms with E-state index < -0.39 is 0 Å². The zero-order chi connectivity index (χ0) is 12.8. The minimum absolute atomic E-state index is 0.221. The van der Waals surface area contributed by atoms with E-state index in [4.69, 9.17) is 0 Å². The van der Waals surface area contributed by atoms with Crippen molar-refractivity contribution in [2.45, 2.75) is 26.4 Å². The highest BCUT2D eigenvalue weighted by atomic mass is 19.1. The lowest BCUT2D eigenvalue weighted by Crippen LogP contribution is -2.13. The third kappa shape index (κ3) is 3.63. The Balaban J connectivity index is 1.91. The quantitative estimate of drug-likeness (QED) is 0.795. The van der Waals surface area contributed by atoms with Crippen molar-refractivity contribution in [2.75, 3.05) is 6.54 Å². The van der Waals surface area contributed by atoms with E-state index >= 15 is 0 Å². The standard InChI is InChI=1S/C13H17FN4/c1-2-7-15-8-13-10-18(17-16-13)9-11-3-5-12(14)6-4-11/h3-6,10,15H,2,7-9H2,1H3. The minimum atomic E-state index is -0.221. The predicted octanol–water partition coefficient (Wildman–Crippen LogP) is 1.97. The lowest BCUT2D eigenvalue weighted by Gasteiger charge is -2.00. The molecule has 4 nitrogen and oxygen atoms in total. The van der Waals surface area contributed by atoms with Gasteiger partial charge in [-0.15, -0.1) is 5.10 Å². The number of nitrogens with zero attached hydrogens (tertiary/aromatic N) is 3. The molecule has 0 fully saturated rings. The molecule has 1 heterocycles. The molecule has 0 unspecified atom stereocenters. The number of hydrogen-bond acceptors (Lipinski definition) is 3. The molecule has 0 saturated heterocycles. The van der Waals surface area contributed by atoms with Crippen LogP contribution in [0.25, 0.3) is 0 Å². The van der Waals surface area contributed by atoms with Crippen LogP contribution >= 0.6 is 0 Å². The SMILES string of the molecule is CCCNCc1cn(Cc2ccc(F)cc2)nn1. The van der Waals surface area contributed by atoms with Crippen LogP contribution in [0, 0.1) is 5.82 Å². The Labute approximate surface area is 106 Å². The van der Waals surface area contributed by atoms with Crippen LogP contribution in [0.1, 0.15) is 24.6 Å². The summed E-state index contributed by atoms with van der Waals surface area (Å²) in [5.74, 6) is -0.221. The van der Waals surface area contributed by atoms with E-state index in [1.807, 2.05) is 6.20 Å². The van der Waals surface area contributed by atoms with Crippen LogP contribution in [-0.2, 0) is 13.1 Å². The number of aromatic nitrogens is 3. The van der Waals surface area contributed by atoms with Crippen molar-refractivity contribution in [1.29, 1.82) is 0 Å². The Bertz CT molecular complexity index is 478. The van der Waals surface area contributed by atoms with E-state index in [9.17, 15) is 4.39 Å². The number of nitrogens with one attached hydrogen (secondary N) is 1. The van der Waals surface area contributed by atoms with Crippen LogP contribution in [0.5, 0.6) is 0 Å². The topological polar surface area (TPSA) is 42.7 Å². The van der Waals surface area contributed by atoms with Crippen molar-refractivity contribution in [3.63, 3.8) is 0 Å². The molecule has 0 aliphatic rings. The average Bonchev–Trinajstić information content (AvgIpc) is 2.80. The van der Waals surface area contributed by atoms with Crippen LogP contribution in [0.15, 0.2) is 30.5 Å². The normalized spacial score (nSPS) is 10.8. The molecule has 0 atom stereocenters. The van der Waals surface area contributed by atoms with Gasteiger partial charge in [-0.25, -0.2) is 9.07 Å². The lowest BCUT2D eigenvalue weighted by molar-refractivity contribution is 0.621. The van der Waals surface area contributed by atoms with Crippen LogP contribution in [0.4, 0.5) is 4.39 Å². The molecule has 1 N–H and O–H groups in total. The van der Waals surface area contributed by atoms with Gasteiger partial charge in [0.05, 0.1) is 18.4 Å². The van der Waals surface area contributed by atoms with Gasteiger partial charge >= 0.3 is 0 Å². The molecule has 0 amide bonds. The number of hydrogen-bond donors (Lipinski definition) is 1. The van der Waals surface area contributed by atoms with Crippen molar-refractivity contribution in [3.8, 4) is 0 Å². The van der Waals surface area contributed by atoms with Gasteiger partial charge < -0.3 is 5.32 Å². The smallest absolute Gasteiger partial charge is 0.123 e. The molecule has 2 rings (SSSR count). The molecular formula is C13H17FN4. The molecule has 0 aliphatic heterocycles. The fourth-order valence-corrected chi connectivity index (χ4v) is 1.67. The lowest BCUT2D eigenvalue weighted by atomic mass is 10.2. The van der Waals surface area contributed by atoms with Gasteiger partial charge in [0.15, 0.2) is 0 Å². The van der Waals surface area contributed by atoms with Crippen LogP contribution in [0.2, 0.25) is 0 Å². The maximum Gasteiger partial charge on any atom is 0.123 e. The van der Waals surface area contributed by atoms with E-state index in [1.54, 1.807) is 16.8 Å². The average molecular weight is 248 g/mol. The van der Waals surface area contributed by atoms with Gasteiger partial charge in [-0.2, -0.15) is 0 Å². The molecule has 2 aromatic rings. The van der Waals surface area contributed by atoms with E-state index in [1.165, 1.54) is 12.1 Å². The van der Waals surface area contributed by atoms with E-state index in [0.717, 1.165) is 30.8 Å². The molecular weight excluding hydrogens is 231 g/mol. The van der Waals surface area contributed by atoms with Crippen molar-refractivity contribution in [1.82, 2.24) is 20.3 Å². The molecule has 0 saturated carbocycles. The van der Waals surface area contributed by atoms with Gasteiger partial charge in [-0.1, -0.05) is 24.3 Å². The molecule has 96 valence electrons. The summed E-state index contributed by atoms with van der Waals surface area (Å²) >= 11 is 0. The first kappa shape index (κ1) is 12.7. The van der Waals surface area contributed by atoms with Crippen LogP contribution in [0.3, 0.4) is 0 Å². The second-order valence-electron chi connectivity index (χ2n) is 4.21. The summed E-state index contributed by atoms with van der Waals surface area (Å²) in [6.45, 7) is 4.45. The summed E-state index contributed by atoms with van der Waals surface area (Å²) in [6, 6.07) is 6.42. The Hall–Kier alpha value is -1.75. The monoisotopic (exact) mass is 248 g/mol. The third-order valence-corrected chi connectivity index (χ3v) is 2.58. The fourth-order valence-electron chi connectivity index (χ4n) is 1.67. The Kier molecular flexibility index (Phi) is 4.41. The van der Waals surface area contributed by atoms with Gasteiger partial charge in [0.25, 0.3) is 0 Å². The number of halogens is 1. The van der Waals surface area contributed by atoms with Crippen molar-refractivity contribution in [2.24, 2.45) is 0 Å². The predicted molar refractivity (Wildman–Crippen MR) is 67.5 cm³/mol. The van der Waals surface area contributed by atoms with Crippen LogP contribution < -0.4 is 5.32 Å². The number of rotatable bonds is 6.